The maximum absolute atomic E-state index is 13.0. The predicted octanol–water partition coefficient (Wildman–Crippen LogP) is 1.84. The highest BCUT2D eigenvalue weighted by Crippen LogP contribution is 2.49. The maximum atomic E-state index is 13.0. The number of fused-ring (bicyclic) bond motifs is 3. The zero-order chi connectivity index (χ0) is 20.5. The minimum atomic E-state index is -0.859. The number of carbonyl (C=O) groups excluding carboxylic acids is 3. The van der Waals surface area contributed by atoms with Crippen LogP contribution in [0.2, 0.25) is 0 Å². The number of imide groups is 1. The van der Waals surface area contributed by atoms with Crippen LogP contribution in [0.1, 0.15) is 60.9 Å². The smallest absolute Gasteiger partial charge is 0.255 e. The first-order valence-electron chi connectivity index (χ1n) is 11.3. The van der Waals surface area contributed by atoms with Crippen molar-refractivity contribution in [1.29, 1.82) is 0 Å². The van der Waals surface area contributed by atoms with E-state index in [4.69, 9.17) is 4.74 Å². The van der Waals surface area contributed by atoms with Crippen LogP contribution in [-0.2, 0) is 16.1 Å². The van der Waals surface area contributed by atoms with Crippen molar-refractivity contribution in [3.8, 4) is 5.75 Å². The minimum absolute atomic E-state index is 0.115. The Bertz CT molecular complexity index is 932. The average Bonchev–Trinajstić information content (AvgIpc) is 3.41. The van der Waals surface area contributed by atoms with E-state index in [0.29, 0.717) is 31.0 Å². The van der Waals surface area contributed by atoms with E-state index in [-0.39, 0.29) is 29.7 Å². The van der Waals surface area contributed by atoms with E-state index in [9.17, 15) is 14.4 Å². The van der Waals surface area contributed by atoms with Gasteiger partial charge in [-0.05, 0) is 81.8 Å². The average molecular weight is 409 g/mol. The van der Waals surface area contributed by atoms with Crippen molar-refractivity contribution in [3.63, 3.8) is 0 Å². The molecule has 1 aromatic rings. The molecular formula is C23H27N3O4. The predicted molar refractivity (Wildman–Crippen MR) is 108 cm³/mol. The number of likely N-dealkylation sites (tertiary alicyclic amines) is 1. The molecule has 6 aliphatic rings. The van der Waals surface area contributed by atoms with Gasteiger partial charge in [0.1, 0.15) is 17.4 Å². The van der Waals surface area contributed by atoms with Crippen molar-refractivity contribution < 1.29 is 19.1 Å². The molecule has 0 radical (unpaired) electrons. The molecule has 3 amide bonds. The van der Waals surface area contributed by atoms with E-state index < -0.39 is 5.54 Å². The Hall–Kier alpha value is -2.41. The lowest BCUT2D eigenvalue weighted by atomic mass is 9.63. The summed E-state index contributed by atoms with van der Waals surface area (Å²) in [5.41, 5.74) is 0.699. The second-order valence-corrected chi connectivity index (χ2v) is 9.56. The van der Waals surface area contributed by atoms with Crippen molar-refractivity contribution in [3.05, 3.63) is 29.3 Å². The maximum Gasteiger partial charge on any atom is 0.255 e. The van der Waals surface area contributed by atoms with Crippen LogP contribution < -0.4 is 10.1 Å². The molecule has 158 valence electrons. The van der Waals surface area contributed by atoms with E-state index in [1.807, 2.05) is 18.2 Å². The lowest BCUT2D eigenvalue weighted by Crippen LogP contribution is -2.73. The van der Waals surface area contributed by atoms with Crippen LogP contribution in [0, 0.1) is 5.92 Å². The fourth-order valence-corrected chi connectivity index (χ4v) is 6.23. The molecule has 0 spiro atoms. The number of hydrogen-bond donors (Lipinski definition) is 1. The molecule has 2 unspecified atom stereocenters. The zero-order valence-electron chi connectivity index (χ0n) is 17.1. The fourth-order valence-electron chi connectivity index (χ4n) is 6.23. The van der Waals surface area contributed by atoms with Gasteiger partial charge in [0, 0.05) is 24.1 Å². The van der Waals surface area contributed by atoms with Crippen LogP contribution in [0.15, 0.2) is 18.2 Å². The summed E-state index contributed by atoms with van der Waals surface area (Å²) >= 11 is 0. The number of rotatable bonds is 4. The monoisotopic (exact) mass is 409 g/mol. The quantitative estimate of drug-likeness (QED) is 0.768. The lowest BCUT2D eigenvalue weighted by Gasteiger charge is -2.53. The molecule has 7 heteroatoms. The summed E-state index contributed by atoms with van der Waals surface area (Å²) < 4.78 is 6.42. The summed E-state index contributed by atoms with van der Waals surface area (Å²) in [5, 5.41) is 2.43. The second kappa shape index (κ2) is 6.54. The molecule has 2 atom stereocenters. The van der Waals surface area contributed by atoms with Gasteiger partial charge < -0.3 is 9.64 Å². The molecule has 2 saturated carbocycles. The van der Waals surface area contributed by atoms with Gasteiger partial charge in [-0.3, -0.25) is 24.6 Å². The van der Waals surface area contributed by atoms with Crippen LogP contribution in [-0.4, -0.2) is 58.3 Å². The van der Waals surface area contributed by atoms with Crippen LogP contribution in [0.25, 0.3) is 0 Å². The standard InChI is InChI=1S/C23H27N3O4/c27-20-15-11-23(12-15,22(29)24-20)26-13-14-10-16(6-7-17(14)21(26)28)30-19-5-3-4-18(19)25-8-1-2-9-25/h6-7,10,15,18-19H,1-5,8-9,11-13H2,(H,24,27,29). The van der Waals surface area contributed by atoms with Gasteiger partial charge in [-0.15, -0.1) is 0 Å². The molecule has 4 aliphatic heterocycles. The van der Waals surface area contributed by atoms with Crippen molar-refractivity contribution in [2.24, 2.45) is 5.92 Å². The van der Waals surface area contributed by atoms with Gasteiger partial charge in [-0.2, -0.15) is 0 Å². The normalized spacial score (nSPS) is 35.4. The van der Waals surface area contributed by atoms with E-state index in [1.54, 1.807) is 4.90 Å². The van der Waals surface area contributed by atoms with E-state index in [1.165, 1.54) is 38.8 Å². The van der Waals surface area contributed by atoms with E-state index in [2.05, 4.69) is 10.2 Å². The number of nitrogens with one attached hydrogen (secondary N) is 1. The highest BCUT2D eigenvalue weighted by Gasteiger charge is 2.62. The minimum Gasteiger partial charge on any atom is -0.489 e. The van der Waals surface area contributed by atoms with Gasteiger partial charge in [0.25, 0.3) is 11.8 Å². The number of piperidine rings is 2. The molecule has 2 aliphatic carbocycles. The number of carbonyl (C=O) groups is 3. The Kier molecular flexibility index (Phi) is 4.01. The summed E-state index contributed by atoms with van der Waals surface area (Å²) in [6, 6.07) is 6.20. The third kappa shape index (κ3) is 2.57. The van der Waals surface area contributed by atoms with Crippen LogP contribution in [0.5, 0.6) is 5.75 Å². The summed E-state index contributed by atoms with van der Waals surface area (Å²) in [5.74, 6) is 0.0166. The lowest BCUT2D eigenvalue weighted by molar-refractivity contribution is -0.160. The third-order valence-corrected chi connectivity index (χ3v) is 7.91. The zero-order valence-corrected chi connectivity index (χ0v) is 17.1. The Morgan fingerprint density at radius 3 is 2.60 bits per heavy atom. The van der Waals surface area contributed by atoms with E-state index in [0.717, 1.165) is 17.7 Å². The third-order valence-electron chi connectivity index (χ3n) is 7.91. The largest absolute Gasteiger partial charge is 0.489 e. The van der Waals surface area contributed by atoms with Gasteiger partial charge in [0.2, 0.25) is 5.91 Å². The number of hydrogen-bond acceptors (Lipinski definition) is 5. The highest BCUT2D eigenvalue weighted by atomic mass is 16.5. The SMILES string of the molecule is O=C1NC(=O)C2(N3Cc4cc(OC5CCCC5N5CCCC5)ccc4C3=O)CC1C2. The number of ether oxygens (including phenoxy) is 1. The molecule has 5 fully saturated rings. The molecule has 7 rings (SSSR count). The first-order valence-corrected chi connectivity index (χ1v) is 11.3. The Morgan fingerprint density at radius 2 is 1.83 bits per heavy atom. The van der Waals surface area contributed by atoms with Gasteiger partial charge >= 0.3 is 0 Å². The van der Waals surface area contributed by atoms with Gasteiger partial charge in [-0.25, -0.2) is 0 Å². The first-order chi connectivity index (χ1) is 14.5. The molecule has 0 aromatic heterocycles. The van der Waals surface area contributed by atoms with Crippen molar-refractivity contribution in [2.75, 3.05) is 13.1 Å². The number of amides is 3. The molecule has 1 N–H and O–H groups in total. The fraction of sp³-hybridized carbons (Fsp3) is 0.609. The number of benzene rings is 1. The van der Waals surface area contributed by atoms with Crippen molar-refractivity contribution in [2.45, 2.75) is 69.2 Å². The Labute approximate surface area is 175 Å². The van der Waals surface area contributed by atoms with Crippen LogP contribution in [0.3, 0.4) is 0 Å². The number of nitrogens with zero attached hydrogens (tertiary/aromatic N) is 2. The van der Waals surface area contributed by atoms with Crippen LogP contribution in [0.4, 0.5) is 0 Å². The van der Waals surface area contributed by atoms with Gasteiger partial charge in [0.05, 0.1) is 0 Å². The highest BCUT2D eigenvalue weighted by molar-refractivity contribution is 6.10. The molecule has 30 heavy (non-hydrogen) atoms. The molecule has 2 bridgehead atoms. The summed E-state index contributed by atoms with van der Waals surface area (Å²) in [7, 11) is 0. The van der Waals surface area contributed by atoms with Crippen LogP contribution >= 0.6 is 0 Å². The molecule has 4 heterocycles. The molecule has 1 aromatic carbocycles. The summed E-state index contributed by atoms with van der Waals surface area (Å²) in [4.78, 5) is 41.6. The van der Waals surface area contributed by atoms with Crippen molar-refractivity contribution >= 4 is 17.7 Å². The summed E-state index contributed by atoms with van der Waals surface area (Å²) in [6.07, 6.45) is 7.11. The molecule has 7 nitrogen and oxygen atoms in total. The second-order valence-electron chi connectivity index (χ2n) is 9.56. The molecule has 3 saturated heterocycles. The Morgan fingerprint density at radius 1 is 1.03 bits per heavy atom. The van der Waals surface area contributed by atoms with Gasteiger partial charge in [-0.1, -0.05) is 0 Å². The van der Waals surface area contributed by atoms with Gasteiger partial charge in [0.15, 0.2) is 0 Å². The summed E-state index contributed by atoms with van der Waals surface area (Å²) in [6.45, 7) is 2.75. The first kappa shape index (κ1) is 18.4. The molecular weight excluding hydrogens is 382 g/mol. The van der Waals surface area contributed by atoms with Crippen molar-refractivity contribution in [1.82, 2.24) is 15.1 Å². The Balaban J connectivity index is 1.20. The topological polar surface area (TPSA) is 79.0 Å². The van der Waals surface area contributed by atoms with E-state index >= 15 is 0 Å².